The largest absolute Gasteiger partial charge is 0.507 e. The molecule has 0 aliphatic carbocycles. The number of ketones is 1. The molecule has 0 saturated carbocycles. The molecule has 1 aromatic heterocycles. The molecule has 1 aromatic carbocycles. The highest BCUT2D eigenvalue weighted by molar-refractivity contribution is 6.10. The average molecular weight is 481 g/mol. The van der Waals surface area contributed by atoms with Gasteiger partial charge >= 0.3 is 0 Å². The summed E-state index contributed by atoms with van der Waals surface area (Å²) in [5, 5.41) is 10.9. The summed E-state index contributed by atoms with van der Waals surface area (Å²) in [6.45, 7) is 5.87. The molecule has 5 rings (SSSR count). The van der Waals surface area contributed by atoms with E-state index in [-0.39, 0.29) is 40.9 Å². The van der Waals surface area contributed by atoms with Crippen molar-refractivity contribution in [3.05, 3.63) is 53.3 Å². The van der Waals surface area contributed by atoms with Crippen LogP contribution in [0, 0.1) is 17.8 Å². The van der Waals surface area contributed by atoms with Crippen LogP contribution in [0.15, 0.2) is 36.5 Å². The normalized spacial score (nSPS) is 31.9. The summed E-state index contributed by atoms with van der Waals surface area (Å²) in [6, 6.07) is 8.08. The molecule has 2 saturated heterocycles. The number of nitrogens with zero attached hydrogens (tertiary/aromatic N) is 1. The number of aromatic amines is 1. The van der Waals surface area contributed by atoms with Crippen LogP contribution in [-0.4, -0.2) is 44.8 Å². The third-order valence-electron chi connectivity index (χ3n) is 7.85. The lowest BCUT2D eigenvalue weighted by molar-refractivity contribution is -0.360. The van der Waals surface area contributed by atoms with Crippen molar-refractivity contribution in [2.24, 2.45) is 17.8 Å². The number of carbonyl (C=O) groups is 3. The first-order valence-electron chi connectivity index (χ1n) is 12.5. The van der Waals surface area contributed by atoms with Gasteiger partial charge in [0.25, 0.3) is 11.8 Å². The summed E-state index contributed by atoms with van der Waals surface area (Å²) in [7, 11) is 0. The zero-order valence-corrected chi connectivity index (χ0v) is 20.3. The molecule has 0 unspecified atom stereocenters. The fourth-order valence-electron chi connectivity index (χ4n) is 5.83. The Morgan fingerprint density at radius 3 is 2.57 bits per heavy atom. The van der Waals surface area contributed by atoms with Gasteiger partial charge < -0.3 is 19.6 Å². The van der Waals surface area contributed by atoms with E-state index in [2.05, 4.69) is 4.98 Å². The van der Waals surface area contributed by atoms with Gasteiger partial charge in [-0.1, -0.05) is 39.7 Å². The van der Waals surface area contributed by atoms with Crippen LogP contribution >= 0.6 is 0 Å². The number of benzene rings is 1. The standard InChI is InChI=1S/C27H32N2O6/c1-15-8-4-5-9-16(2)25(17(3)24(32)19-11-7-13-28-19)35-27-23-18(10-6-12-20(23)30)26(33)29(27)22(31)14-21(15)34-27/h6-7,10-13,15-17,21,25,28,30H,4-5,8-9,14H2,1-3H3/t15-,16+,17-,21+,25-,27+/m1/s1. The van der Waals surface area contributed by atoms with Crippen LogP contribution in [0.5, 0.6) is 5.75 Å². The van der Waals surface area contributed by atoms with Crippen molar-refractivity contribution < 1.29 is 29.0 Å². The maximum atomic E-state index is 13.4. The molecule has 2 amide bonds. The molecular weight excluding hydrogens is 448 g/mol. The number of aromatic nitrogens is 1. The summed E-state index contributed by atoms with van der Waals surface area (Å²) < 4.78 is 13.3. The monoisotopic (exact) mass is 480 g/mol. The quantitative estimate of drug-likeness (QED) is 0.499. The van der Waals surface area contributed by atoms with E-state index in [1.54, 1.807) is 37.4 Å². The first kappa shape index (κ1) is 23.8. The topological polar surface area (TPSA) is 109 Å². The summed E-state index contributed by atoms with van der Waals surface area (Å²) in [5.74, 6) is -3.79. The lowest BCUT2D eigenvalue weighted by Gasteiger charge is -2.47. The maximum absolute atomic E-state index is 13.4. The van der Waals surface area contributed by atoms with Gasteiger partial charge in [0, 0.05) is 12.1 Å². The average Bonchev–Trinajstić information content (AvgIpc) is 3.45. The lowest BCUT2D eigenvalue weighted by atomic mass is 9.85. The van der Waals surface area contributed by atoms with E-state index in [0.29, 0.717) is 5.69 Å². The molecule has 0 radical (unpaired) electrons. The molecule has 3 aliphatic heterocycles. The minimum absolute atomic E-state index is 0.0522. The Hall–Kier alpha value is -2.97. The number of rotatable bonds is 3. The molecule has 2 N–H and O–H groups in total. The van der Waals surface area contributed by atoms with Crippen molar-refractivity contribution >= 4 is 17.6 Å². The zero-order chi connectivity index (χ0) is 24.9. The van der Waals surface area contributed by atoms with Gasteiger partial charge in [0.15, 0.2) is 5.78 Å². The van der Waals surface area contributed by atoms with Crippen LogP contribution in [0.3, 0.4) is 0 Å². The Balaban J connectivity index is 1.66. The number of phenolic OH excluding ortho intramolecular Hbond substituents is 1. The minimum atomic E-state index is -1.92. The number of nitrogens with one attached hydrogen (secondary N) is 1. The first-order valence-corrected chi connectivity index (χ1v) is 12.5. The van der Waals surface area contributed by atoms with E-state index < -0.39 is 35.9 Å². The summed E-state index contributed by atoms with van der Waals surface area (Å²) in [5.41, 5.74) is 0.789. The molecule has 1 spiro atoms. The smallest absolute Gasteiger partial charge is 0.294 e. The third-order valence-corrected chi connectivity index (χ3v) is 7.85. The molecule has 2 bridgehead atoms. The Kier molecular flexibility index (Phi) is 6.05. The molecule has 3 aliphatic rings. The number of phenols is 1. The van der Waals surface area contributed by atoms with Crippen LogP contribution in [0.4, 0.5) is 0 Å². The molecule has 6 atom stereocenters. The molecule has 2 aromatic rings. The molecule has 8 nitrogen and oxygen atoms in total. The number of hydrogen-bond acceptors (Lipinski definition) is 6. The molecule has 35 heavy (non-hydrogen) atoms. The van der Waals surface area contributed by atoms with Crippen molar-refractivity contribution in [3.8, 4) is 5.75 Å². The number of aromatic hydroxyl groups is 1. The number of imide groups is 1. The third kappa shape index (κ3) is 3.79. The second kappa shape index (κ2) is 8.91. The molecule has 186 valence electrons. The van der Waals surface area contributed by atoms with Crippen LogP contribution < -0.4 is 0 Å². The summed E-state index contributed by atoms with van der Waals surface area (Å²) in [4.78, 5) is 44.2. The zero-order valence-electron chi connectivity index (χ0n) is 20.3. The van der Waals surface area contributed by atoms with Gasteiger partial charge in [-0.15, -0.1) is 0 Å². The first-order chi connectivity index (χ1) is 16.7. The summed E-state index contributed by atoms with van der Waals surface area (Å²) >= 11 is 0. The Morgan fingerprint density at radius 2 is 1.86 bits per heavy atom. The van der Waals surface area contributed by atoms with Crippen molar-refractivity contribution in [1.82, 2.24) is 9.88 Å². The predicted molar refractivity (Wildman–Crippen MR) is 126 cm³/mol. The number of amides is 2. The van der Waals surface area contributed by atoms with Gasteiger partial charge in [-0.05, 0) is 48.9 Å². The van der Waals surface area contributed by atoms with Crippen LogP contribution in [0.25, 0.3) is 0 Å². The van der Waals surface area contributed by atoms with E-state index in [9.17, 15) is 19.5 Å². The van der Waals surface area contributed by atoms with E-state index in [4.69, 9.17) is 9.47 Å². The van der Waals surface area contributed by atoms with E-state index >= 15 is 0 Å². The highest BCUT2D eigenvalue weighted by Crippen LogP contribution is 2.52. The Labute approximate surface area is 204 Å². The van der Waals surface area contributed by atoms with Crippen LogP contribution in [-0.2, 0) is 20.2 Å². The summed E-state index contributed by atoms with van der Waals surface area (Å²) in [6.07, 6.45) is 4.19. The Morgan fingerprint density at radius 1 is 1.11 bits per heavy atom. The van der Waals surface area contributed by atoms with Gasteiger partial charge in [0.1, 0.15) is 5.75 Å². The van der Waals surface area contributed by atoms with E-state index in [1.165, 1.54) is 6.07 Å². The molecule has 4 heterocycles. The minimum Gasteiger partial charge on any atom is -0.507 e. The van der Waals surface area contributed by atoms with Gasteiger partial charge in [-0.25, -0.2) is 4.90 Å². The maximum Gasteiger partial charge on any atom is 0.294 e. The van der Waals surface area contributed by atoms with Crippen LogP contribution in [0.2, 0.25) is 0 Å². The van der Waals surface area contributed by atoms with E-state index in [0.717, 1.165) is 30.6 Å². The number of Topliss-reactive ketones (excluding diaryl/α,β-unsaturated/α-hetero) is 1. The number of fused-ring (bicyclic) bond motifs is 2. The van der Waals surface area contributed by atoms with Crippen molar-refractivity contribution in [2.45, 2.75) is 71.0 Å². The number of ether oxygens (including phenoxy) is 2. The van der Waals surface area contributed by atoms with Gasteiger partial charge in [0.2, 0.25) is 5.91 Å². The molecular formula is C27H32N2O6. The number of H-pyrrole nitrogens is 1. The fraction of sp³-hybridized carbons (Fsp3) is 0.519. The van der Waals surface area contributed by atoms with Crippen molar-refractivity contribution in [1.29, 1.82) is 0 Å². The van der Waals surface area contributed by atoms with Crippen LogP contribution in [0.1, 0.15) is 79.3 Å². The number of carbonyl (C=O) groups excluding carboxylic acids is 3. The second-order valence-corrected chi connectivity index (χ2v) is 10.2. The van der Waals surface area contributed by atoms with E-state index in [1.807, 2.05) is 13.8 Å². The predicted octanol–water partition coefficient (Wildman–Crippen LogP) is 4.35. The lowest BCUT2D eigenvalue weighted by Crippen LogP contribution is -2.60. The van der Waals surface area contributed by atoms with Gasteiger partial charge in [0.05, 0.1) is 35.4 Å². The number of hydrogen-bond donors (Lipinski definition) is 2. The fourth-order valence-corrected chi connectivity index (χ4v) is 5.83. The highest BCUT2D eigenvalue weighted by Gasteiger charge is 2.62. The molecule has 2 fully saturated rings. The highest BCUT2D eigenvalue weighted by atomic mass is 16.7. The second-order valence-electron chi connectivity index (χ2n) is 10.2. The van der Waals surface area contributed by atoms with Gasteiger partial charge in [-0.3, -0.25) is 14.4 Å². The van der Waals surface area contributed by atoms with Crippen molar-refractivity contribution in [3.63, 3.8) is 0 Å². The Bertz CT molecular complexity index is 1140. The molecule has 8 heteroatoms. The van der Waals surface area contributed by atoms with Crippen molar-refractivity contribution in [2.75, 3.05) is 0 Å². The van der Waals surface area contributed by atoms with Gasteiger partial charge in [-0.2, -0.15) is 0 Å². The SMILES string of the molecule is C[C@@H]1CCCC[C@H](C)[C@H]([C@H](C)C(=O)c2ccc[nH]2)O[C@]23O[C@H]1CC(=O)N2C(=O)c1cccc(O)c13.